The number of amides is 1. The Labute approximate surface area is 160 Å². The maximum absolute atomic E-state index is 12.2. The van der Waals surface area contributed by atoms with Gasteiger partial charge >= 0.3 is 0 Å². The number of aromatic nitrogens is 2. The molecule has 0 saturated carbocycles. The summed E-state index contributed by atoms with van der Waals surface area (Å²) in [6, 6.07) is 3.07. The van der Waals surface area contributed by atoms with Crippen LogP contribution in [0.1, 0.15) is 22.4 Å². The van der Waals surface area contributed by atoms with Gasteiger partial charge in [0.2, 0.25) is 5.96 Å². The van der Waals surface area contributed by atoms with Crippen LogP contribution in [0.5, 0.6) is 0 Å². The number of anilines is 1. The molecule has 1 aliphatic rings. The summed E-state index contributed by atoms with van der Waals surface area (Å²) in [7, 11) is -1.62. The molecule has 5 N–H and O–H groups in total. The van der Waals surface area contributed by atoms with Crippen molar-refractivity contribution in [3.63, 3.8) is 0 Å². The summed E-state index contributed by atoms with van der Waals surface area (Å²) in [6.45, 7) is 1.71. The summed E-state index contributed by atoms with van der Waals surface area (Å²) in [5, 5.41) is 5.22. The van der Waals surface area contributed by atoms with E-state index in [-0.39, 0.29) is 17.4 Å². The Kier molecular flexibility index (Phi) is 4.84. The number of guanidine groups is 1. The fourth-order valence-corrected chi connectivity index (χ4v) is 4.91. The van der Waals surface area contributed by atoms with Crippen molar-refractivity contribution in [3.05, 3.63) is 39.4 Å². The highest BCUT2D eigenvalue weighted by molar-refractivity contribution is 8.22. The average molecular weight is 417 g/mol. The number of rotatable bonds is 3. The van der Waals surface area contributed by atoms with Crippen molar-refractivity contribution in [1.82, 2.24) is 14.3 Å². The van der Waals surface area contributed by atoms with Crippen molar-refractivity contribution in [3.8, 4) is 0 Å². The standard InChI is InChI=1S/C14H17ClN6O3S2/c1-14(7-26(23,24)21(2)13(16)20-14)12-19-10(6-25-12)18-11(22)9-4-3-8(15)5-17-9/h3-6,23-24H,7H2,1-2H3,(H2,16,20)(H,18,22)/t14-/m0/s1. The smallest absolute Gasteiger partial charge is 0.275 e. The summed E-state index contributed by atoms with van der Waals surface area (Å²) in [4.78, 5) is 24.9. The van der Waals surface area contributed by atoms with E-state index in [1.807, 2.05) is 0 Å². The van der Waals surface area contributed by atoms with Gasteiger partial charge in [0, 0.05) is 18.6 Å². The molecule has 12 heteroatoms. The molecule has 1 aliphatic heterocycles. The molecule has 0 spiro atoms. The zero-order chi connectivity index (χ0) is 19.1. The van der Waals surface area contributed by atoms with E-state index in [0.29, 0.717) is 15.8 Å². The zero-order valence-electron chi connectivity index (χ0n) is 13.9. The summed E-state index contributed by atoms with van der Waals surface area (Å²) < 4.78 is 21.6. The first-order valence-electron chi connectivity index (χ1n) is 7.35. The monoisotopic (exact) mass is 416 g/mol. The molecule has 9 nitrogen and oxygen atoms in total. The molecule has 0 saturated heterocycles. The molecule has 0 aliphatic carbocycles. The van der Waals surface area contributed by atoms with Crippen LogP contribution in [0.15, 0.2) is 28.7 Å². The Morgan fingerprint density at radius 3 is 2.85 bits per heavy atom. The van der Waals surface area contributed by atoms with E-state index in [1.165, 1.54) is 30.6 Å². The third kappa shape index (κ3) is 3.62. The number of halogens is 1. The molecule has 140 valence electrons. The predicted molar refractivity (Wildman–Crippen MR) is 104 cm³/mol. The van der Waals surface area contributed by atoms with E-state index in [2.05, 4.69) is 20.3 Å². The SMILES string of the molecule is CN1C(N)=N[C@](C)(c2nc(NC(=O)c3ccc(Cl)cn3)cs2)CS1(O)O. The number of carbonyl (C=O) groups is 1. The van der Waals surface area contributed by atoms with Gasteiger partial charge in [0.05, 0.1) is 10.8 Å². The fourth-order valence-electron chi connectivity index (χ4n) is 2.36. The molecule has 0 bridgehead atoms. The Morgan fingerprint density at radius 2 is 2.23 bits per heavy atom. The zero-order valence-corrected chi connectivity index (χ0v) is 16.3. The van der Waals surface area contributed by atoms with Crippen molar-refractivity contribution in [2.75, 3.05) is 18.1 Å². The van der Waals surface area contributed by atoms with Crippen LogP contribution in [-0.4, -0.2) is 48.0 Å². The first kappa shape index (κ1) is 18.9. The molecule has 26 heavy (non-hydrogen) atoms. The Hall–Kier alpha value is -1.92. The minimum Gasteiger partial charge on any atom is -0.369 e. The van der Waals surface area contributed by atoms with Crippen LogP contribution in [-0.2, 0) is 5.54 Å². The lowest BCUT2D eigenvalue weighted by Gasteiger charge is -2.48. The Balaban J connectivity index is 1.81. The van der Waals surface area contributed by atoms with Crippen molar-refractivity contribution >= 4 is 51.4 Å². The highest BCUT2D eigenvalue weighted by Gasteiger charge is 2.42. The van der Waals surface area contributed by atoms with Crippen LogP contribution >= 0.6 is 33.7 Å². The van der Waals surface area contributed by atoms with E-state index < -0.39 is 22.2 Å². The van der Waals surface area contributed by atoms with Crippen molar-refractivity contribution in [1.29, 1.82) is 0 Å². The van der Waals surface area contributed by atoms with Gasteiger partial charge in [-0.15, -0.1) is 22.1 Å². The molecule has 1 atom stereocenters. The Bertz CT molecular complexity index is 872. The number of nitrogens with one attached hydrogen (secondary N) is 1. The highest BCUT2D eigenvalue weighted by Crippen LogP contribution is 2.51. The van der Waals surface area contributed by atoms with Crippen LogP contribution in [0.4, 0.5) is 5.82 Å². The molecule has 0 fully saturated rings. The van der Waals surface area contributed by atoms with Crippen LogP contribution < -0.4 is 11.1 Å². The number of nitrogens with zero attached hydrogens (tertiary/aromatic N) is 4. The number of pyridine rings is 1. The predicted octanol–water partition coefficient (Wildman–Crippen LogP) is 2.58. The number of hydrogen-bond acceptors (Lipinski definition) is 9. The molecule has 0 radical (unpaired) electrons. The van der Waals surface area contributed by atoms with E-state index in [1.54, 1.807) is 18.4 Å². The van der Waals surface area contributed by atoms with E-state index in [0.717, 1.165) is 4.31 Å². The summed E-state index contributed by atoms with van der Waals surface area (Å²) >= 11 is 7.00. The van der Waals surface area contributed by atoms with Crippen molar-refractivity contribution in [2.24, 2.45) is 10.7 Å². The topological polar surface area (TPSA) is 137 Å². The van der Waals surface area contributed by atoms with E-state index in [4.69, 9.17) is 17.3 Å². The van der Waals surface area contributed by atoms with E-state index in [9.17, 15) is 13.9 Å². The summed E-state index contributed by atoms with van der Waals surface area (Å²) in [6.07, 6.45) is 1.38. The maximum atomic E-state index is 12.2. The molecular formula is C14H17ClN6O3S2. The minimum absolute atomic E-state index is 0.0184. The van der Waals surface area contributed by atoms with Gasteiger partial charge in [-0.2, -0.15) is 0 Å². The van der Waals surface area contributed by atoms with Gasteiger partial charge in [-0.25, -0.2) is 19.3 Å². The maximum Gasteiger partial charge on any atom is 0.275 e. The van der Waals surface area contributed by atoms with Gasteiger partial charge in [0.15, 0.2) is 0 Å². The van der Waals surface area contributed by atoms with E-state index >= 15 is 0 Å². The van der Waals surface area contributed by atoms with Gasteiger partial charge < -0.3 is 11.1 Å². The highest BCUT2D eigenvalue weighted by atomic mass is 35.5. The van der Waals surface area contributed by atoms with Crippen LogP contribution in [0.2, 0.25) is 5.02 Å². The molecule has 3 rings (SSSR count). The second-order valence-corrected chi connectivity index (χ2v) is 9.27. The molecule has 3 heterocycles. The van der Waals surface area contributed by atoms with Gasteiger partial charge in [0.1, 0.15) is 22.1 Å². The molecule has 2 aromatic rings. The number of hydrogen-bond donors (Lipinski definition) is 4. The number of carbonyl (C=O) groups excluding carboxylic acids is 1. The first-order chi connectivity index (χ1) is 12.1. The Morgan fingerprint density at radius 1 is 1.50 bits per heavy atom. The van der Waals surface area contributed by atoms with Crippen LogP contribution in [0, 0.1) is 0 Å². The quantitative estimate of drug-likeness (QED) is 0.603. The third-order valence-corrected chi connectivity index (χ3v) is 7.10. The second kappa shape index (κ2) is 6.67. The van der Waals surface area contributed by atoms with Gasteiger partial charge in [0.25, 0.3) is 5.91 Å². The summed E-state index contributed by atoms with van der Waals surface area (Å²) in [5.41, 5.74) is 5.01. The van der Waals surface area contributed by atoms with Crippen molar-refractivity contribution in [2.45, 2.75) is 12.5 Å². The average Bonchev–Trinajstić information content (AvgIpc) is 3.02. The first-order valence-corrected chi connectivity index (χ1v) is 10.3. The fraction of sp³-hybridized carbons (Fsp3) is 0.286. The normalized spacial score (nSPS) is 23.3. The molecule has 1 amide bonds. The van der Waals surface area contributed by atoms with Crippen LogP contribution in [0.3, 0.4) is 0 Å². The van der Waals surface area contributed by atoms with Gasteiger partial charge in [-0.1, -0.05) is 11.6 Å². The largest absolute Gasteiger partial charge is 0.369 e. The second-order valence-electron chi connectivity index (χ2n) is 5.87. The summed E-state index contributed by atoms with van der Waals surface area (Å²) in [5.74, 6) is -0.141. The molecule has 0 aromatic carbocycles. The lowest BCUT2D eigenvalue weighted by atomic mass is 10.1. The minimum atomic E-state index is -3.09. The number of aliphatic imine (C=N–C) groups is 1. The van der Waals surface area contributed by atoms with Gasteiger partial charge in [-0.3, -0.25) is 13.9 Å². The van der Waals surface area contributed by atoms with Crippen molar-refractivity contribution < 1.29 is 13.9 Å². The molecular weight excluding hydrogens is 400 g/mol. The molecule has 2 aromatic heterocycles. The van der Waals surface area contributed by atoms with Gasteiger partial charge in [-0.05, 0) is 19.1 Å². The lowest BCUT2D eigenvalue weighted by Crippen LogP contribution is -2.47. The van der Waals surface area contributed by atoms with Crippen LogP contribution in [0.25, 0.3) is 0 Å². The number of nitrogens with two attached hydrogens (primary N) is 1. The number of thiazole rings is 1. The molecule has 0 unspecified atom stereocenters. The lowest BCUT2D eigenvalue weighted by molar-refractivity contribution is 0.102. The third-order valence-electron chi connectivity index (χ3n) is 3.76.